The van der Waals surface area contributed by atoms with Gasteiger partial charge in [-0.2, -0.15) is 0 Å². The van der Waals surface area contributed by atoms with Crippen molar-refractivity contribution in [3.8, 4) is 0 Å². The zero-order valence-corrected chi connectivity index (χ0v) is 17.2. The van der Waals surface area contributed by atoms with Crippen LogP contribution in [0.15, 0.2) is 24.8 Å². The molecule has 2 rings (SSSR count). The van der Waals surface area contributed by atoms with Crippen molar-refractivity contribution in [2.24, 2.45) is 5.41 Å². The largest absolute Gasteiger partial charge is 0.465 e. The first-order valence-electron chi connectivity index (χ1n) is 9.29. The van der Waals surface area contributed by atoms with Gasteiger partial charge >= 0.3 is 5.97 Å². The first-order chi connectivity index (χ1) is 12.6. The highest BCUT2D eigenvalue weighted by Gasteiger charge is 2.55. The van der Waals surface area contributed by atoms with Crippen LogP contribution in [0.4, 0.5) is 0 Å². The number of rotatable bonds is 7. The Morgan fingerprint density at radius 2 is 1.89 bits per heavy atom. The van der Waals surface area contributed by atoms with Gasteiger partial charge in [0.05, 0.1) is 13.2 Å². The lowest BCUT2D eigenvalue weighted by Crippen LogP contribution is -2.51. The average Bonchev–Trinajstić information content (AvgIpc) is 2.98. The summed E-state index contributed by atoms with van der Waals surface area (Å²) in [6.07, 6.45) is 1.22. The highest BCUT2D eigenvalue weighted by atomic mass is 16.7. The molecule has 1 fully saturated rings. The van der Waals surface area contributed by atoms with Gasteiger partial charge in [0, 0.05) is 12.0 Å². The molecule has 5 heteroatoms. The molecule has 0 unspecified atom stereocenters. The monoisotopic (exact) mass is 374 g/mol. The van der Waals surface area contributed by atoms with Crippen LogP contribution in [-0.4, -0.2) is 30.6 Å². The molecule has 148 valence electrons. The molecule has 0 radical (unpaired) electrons. The predicted molar refractivity (Wildman–Crippen MR) is 103 cm³/mol. The Morgan fingerprint density at radius 3 is 2.41 bits per heavy atom. The minimum Gasteiger partial charge on any atom is -0.465 e. The summed E-state index contributed by atoms with van der Waals surface area (Å²) >= 11 is 0. The fourth-order valence-electron chi connectivity index (χ4n) is 3.71. The SMILES string of the molecule is C=CC[C@]1(C(=O)C(C)(C)C(=O)OCC)CO[C@@H](c2c(C)cc(C)cc2C)O1. The molecule has 0 aliphatic carbocycles. The van der Waals surface area contributed by atoms with Crippen LogP contribution in [0.2, 0.25) is 0 Å². The quantitative estimate of drug-likeness (QED) is 0.408. The number of carbonyl (C=O) groups excluding carboxylic acids is 2. The Labute approximate surface area is 161 Å². The van der Waals surface area contributed by atoms with Crippen molar-refractivity contribution in [3.05, 3.63) is 47.0 Å². The first kappa shape index (κ1) is 21.3. The second-order valence-electron chi connectivity index (χ2n) is 7.73. The Hall–Kier alpha value is -1.98. The maximum Gasteiger partial charge on any atom is 0.319 e. The summed E-state index contributed by atoms with van der Waals surface area (Å²) in [4.78, 5) is 25.7. The van der Waals surface area contributed by atoms with Crippen molar-refractivity contribution in [2.75, 3.05) is 13.2 Å². The Balaban J connectivity index is 2.38. The lowest BCUT2D eigenvalue weighted by molar-refractivity contribution is -0.168. The summed E-state index contributed by atoms with van der Waals surface area (Å²) < 4.78 is 17.2. The molecular weight excluding hydrogens is 344 g/mol. The second kappa shape index (κ2) is 7.95. The number of ether oxygens (including phenoxy) is 3. The number of aryl methyl sites for hydroxylation is 3. The molecule has 2 atom stereocenters. The van der Waals surface area contributed by atoms with Gasteiger partial charge in [0.25, 0.3) is 0 Å². The van der Waals surface area contributed by atoms with Gasteiger partial charge in [-0.1, -0.05) is 23.8 Å². The Bertz CT molecular complexity index is 726. The highest BCUT2D eigenvalue weighted by Crippen LogP contribution is 2.42. The van der Waals surface area contributed by atoms with Gasteiger partial charge < -0.3 is 14.2 Å². The lowest BCUT2D eigenvalue weighted by atomic mass is 9.77. The van der Waals surface area contributed by atoms with Gasteiger partial charge in [0.15, 0.2) is 17.7 Å². The summed E-state index contributed by atoms with van der Waals surface area (Å²) in [7, 11) is 0. The third-order valence-electron chi connectivity index (χ3n) is 5.02. The van der Waals surface area contributed by atoms with Gasteiger partial charge in [0.2, 0.25) is 0 Å². The third kappa shape index (κ3) is 3.99. The number of esters is 1. The van der Waals surface area contributed by atoms with E-state index < -0.39 is 23.3 Å². The van der Waals surface area contributed by atoms with Gasteiger partial charge in [-0.15, -0.1) is 6.58 Å². The maximum atomic E-state index is 13.3. The number of Topliss-reactive ketones (excluding diaryl/α,β-unsaturated/α-hetero) is 1. The van der Waals surface area contributed by atoms with Crippen molar-refractivity contribution in [3.63, 3.8) is 0 Å². The van der Waals surface area contributed by atoms with E-state index in [4.69, 9.17) is 14.2 Å². The predicted octanol–water partition coefficient (Wildman–Crippen LogP) is 4.13. The number of benzene rings is 1. The second-order valence-corrected chi connectivity index (χ2v) is 7.73. The molecule has 1 aromatic rings. The number of carbonyl (C=O) groups is 2. The smallest absolute Gasteiger partial charge is 0.319 e. The molecular formula is C22H30O5. The summed E-state index contributed by atoms with van der Waals surface area (Å²) in [6, 6.07) is 4.12. The standard InChI is InChI=1S/C22H30O5/c1-8-10-22(19(23)21(6,7)20(24)25-9-2)13-26-18(27-22)17-15(4)11-14(3)12-16(17)5/h8,11-12,18H,1,9-10,13H2,2-7H3/t18-,22-/m1/s1. The minimum absolute atomic E-state index is 0.0676. The van der Waals surface area contributed by atoms with Crippen LogP contribution in [0.1, 0.15) is 55.7 Å². The molecule has 1 aliphatic heterocycles. The van der Waals surface area contributed by atoms with Gasteiger partial charge in [-0.25, -0.2) is 0 Å². The van der Waals surface area contributed by atoms with Gasteiger partial charge in [-0.05, 0) is 52.7 Å². The Kier molecular flexibility index (Phi) is 6.28. The topological polar surface area (TPSA) is 61.8 Å². The lowest BCUT2D eigenvalue weighted by Gasteiger charge is -2.32. The van der Waals surface area contributed by atoms with Crippen LogP contribution in [0.5, 0.6) is 0 Å². The van der Waals surface area contributed by atoms with E-state index in [0.717, 1.165) is 22.3 Å². The van der Waals surface area contributed by atoms with E-state index in [1.165, 1.54) is 0 Å². The first-order valence-corrected chi connectivity index (χ1v) is 9.29. The highest BCUT2D eigenvalue weighted by molar-refractivity contribution is 6.07. The van der Waals surface area contributed by atoms with E-state index in [0.29, 0.717) is 0 Å². The van der Waals surface area contributed by atoms with Crippen molar-refractivity contribution in [1.82, 2.24) is 0 Å². The van der Waals surface area contributed by atoms with E-state index in [9.17, 15) is 9.59 Å². The fourth-order valence-corrected chi connectivity index (χ4v) is 3.71. The van der Waals surface area contributed by atoms with E-state index in [1.54, 1.807) is 26.8 Å². The van der Waals surface area contributed by atoms with E-state index in [-0.39, 0.29) is 25.4 Å². The van der Waals surface area contributed by atoms with Crippen molar-refractivity contribution in [1.29, 1.82) is 0 Å². The number of hydrogen-bond donors (Lipinski definition) is 0. The zero-order chi connectivity index (χ0) is 20.4. The maximum absolute atomic E-state index is 13.3. The zero-order valence-electron chi connectivity index (χ0n) is 17.2. The number of ketones is 1. The van der Waals surface area contributed by atoms with Gasteiger partial charge in [-0.3, -0.25) is 9.59 Å². The summed E-state index contributed by atoms with van der Waals surface area (Å²) in [5, 5.41) is 0. The summed E-state index contributed by atoms with van der Waals surface area (Å²) in [5.41, 5.74) is 1.58. The molecule has 1 heterocycles. The molecule has 1 aromatic carbocycles. The number of hydrogen-bond acceptors (Lipinski definition) is 5. The minimum atomic E-state index is -1.34. The average molecular weight is 374 g/mol. The normalized spacial score (nSPS) is 22.5. The van der Waals surface area contributed by atoms with Gasteiger partial charge in [0.1, 0.15) is 5.41 Å². The third-order valence-corrected chi connectivity index (χ3v) is 5.02. The molecule has 5 nitrogen and oxygen atoms in total. The van der Waals surface area contributed by atoms with E-state index >= 15 is 0 Å². The molecule has 0 spiro atoms. The van der Waals surface area contributed by atoms with Crippen LogP contribution in [0.3, 0.4) is 0 Å². The molecule has 1 saturated heterocycles. The molecule has 0 saturated carbocycles. The van der Waals surface area contributed by atoms with Crippen LogP contribution < -0.4 is 0 Å². The summed E-state index contributed by atoms with van der Waals surface area (Å²) in [6.45, 7) is 14.9. The fraction of sp³-hybridized carbons (Fsp3) is 0.545. The van der Waals surface area contributed by atoms with E-state index in [1.807, 2.05) is 20.8 Å². The van der Waals surface area contributed by atoms with Crippen molar-refractivity contribution < 1.29 is 23.8 Å². The molecule has 27 heavy (non-hydrogen) atoms. The molecule has 0 bridgehead atoms. The van der Waals surface area contributed by atoms with Crippen LogP contribution in [0.25, 0.3) is 0 Å². The van der Waals surface area contributed by atoms with Crippen LogP contribution >= 0.6 is 0 Å². The van der Waals surface area contributed by atoms with Crippen LogP contribution in [0, 0.1) is 26.2 Å². The van der Waals surface area contributed by atoms with Crippen LogP contribution in [-0.2, 0) is 23.8 Å². The molecule has 1 aliphatic rings. The summed E-state index contributed by atoms with van der Waals surface area (Å²) in [5.74, 6) is -0.911. The molecule has 0 aromatic heterocycles. The Morgan fingerprint density at radius 1 is 1.30 bits per heavy atom. The molecule has 0 amide bonds. The molecule has 0 N–H and O–H groups in total. The van der Waals surface area contributed by atoms with E-state index in [2.05, 4.69) is 18.7 Å². The van der Waals surface area contributed by atoms with Crippen molar-refractivity contribution in [2.45, 2.75) is 59.9 Å². The van der Waals surface area contributed by atoms with Crippen molar-refractivity contribution >= 4 is 11.8 Å².